The van der Waals surface area contributed by atoms with Crippen molar-refractivity contribution in [3.05, 3.63) is 41.3 Å². The Morgan fingerprint density at radius 3 is 3.00 bits per heavy atom. The van der Waals surface area contributed by atoms with Crippen molar-refractivity contribution >= 4 is 5.91 Å². The van der Waals surface area contributed by atoms with Gasteiger partial charge in [0.1, 0.15) is 0 Å². The fraction of sp³-hybridized carbons (Fsp3) is 0.357. The minimum atomic E-state index is -0.176. The Kier molecular flexibility index (Phi) is 3.37. The normalized spacial score (nSPS) is 13.4. The smallest absolute Gasteiger partial charge is 0.272 e. The Morgan fingerprint density at radius 2 is 2.25 bits per heavy atom. The van der Waals surface area contributed by atoms with Crippen molar-refractivity contribution in [2.75, 3.05) is 6.61 Å². The summed E-state index contributed by atoms with van der Waals surface area (Å²) in [6, 6.07) is 3.74. The highest BCUT2D eigenvalue weighted by atomic mass is 16.5. The fourth-order valence-corrected chi connectivity index (χ4v) is 2.24. The van der Waals surface area contributed by atoms with Crippen LogP contribution >= 0.6 is 0 Å². The zero-order chi connectivity index (χ0) is 13.9. The summed E-state index contributed by atoms with van der Waals surface area (Å²) < 4.78 is 7.32. The summed E-state index contributed by atoms with van der Waals surface area (Å²) >= 11 is 0. The maximum Gasteiger partial charge on any atom is 0.272 e. The predicted molar refractivity (Wildman–Crippen MR) is 72.5 cm³/mol. The Morgan fingerprint density at radius 1 is 1.45 bits per heavy atom. The number of fused-ring (bicyclic) bond motifs is 1. The first-order valence-corrected chi connectivity index (χ1v) is 6.63. The quantitative estimate of drug-likeness (QED) is 0.914. The molecule has 1 aliphatic rings. The number of amides is 1. The van der Waals surface area contributed by atoms with Gasteiger partial charge in [-0.25, -0.2) is 4.68 Å². The molecule has 104 valence electrons. The first-order valence-electron chi connectivity index (χ1n) is 6.63. The number of nitrogens with one attached hydrogen (secondary N) is 1. The summed E-state index contributed by atoms with van der Waals surface area (Å²) in [5.74, 6) is 0.537. The molecule has 0 aliphatic carbocycles. The summed E-state index contributed by atoms with van der Waals surface area (Å²) in [4.78, 5) is 16.1. The maximum absolute atomic E-state index is 12.2. The third kappa shape index (κ3) is 2.36. The van der Waals surface area contributed by atoms with Crippen LogP contribution in [-0.2, 0) is 13.1 Å². The van der Waals surface area contributed by atoms with Crippen molar-refractivity contribution in [3.8, 4) is 5.88 Å². The molecule has 3 rings (SSSR count). The van der Waals surface area contributed by atoms with E-state index in [1.807, 2.05) is 19.1 Å². The van der Waals surface area contributed by atoms with Gasteiger partial charge in [0.25, 0.3) is 5.91 Å². The van der Waals surface area contributed by atoms with E-state index >= 15 is 0 Å². The average Bonchev–Trinajstić information content (AvgIpc) is 2.84. The van der Waals surface area contributed by atoms with Crippen LogP contribution in [0.3, 0.4) is 0 Å². The molecule has 1 amide bonds. The summed E-state index contributed by atoms with van der Waals surface area (Å²) in [6.07, 6.45) is 4.33. The maximum atomic E-state index is 12.2. The lowest BCUT2D eigenvalue weighted by molar-refractivity contribution is 0.0944. The number of carbonyl (C=O) groups is 1. The zero-order valence-electron chi connectivity index (χ0n) is 11.3. The van der Waals surface area contributed by atoms with Crippen LogP contribution in [0.25, 0.3) is 0 Å². The van der Waals surface area contributed by atoms with Crippen molar-refractivity contribution in [2.24, 2.45) is 0 Å². The van der Waals surface area contributed by atoms with Crippen LogP contribution in [0.1, 0.15) is 28.0 Å². The molecule has 0 unspecified atom stereocenters. The standard InChI is InChI=1S/C14H16N4O2/c1-10-12(17-18-7-2-8-20-14(10)18)13(19)16-9-11-3-5-15-6-4-11/h3-6H,2,7-9H2,1H3,(H,16,19). The van der Waals surface area contributed by atoms with Crippen molar-refractivity contribution in [1.29, 1.82) is 0 Å². The Bertz CT molecular complexity index is 622. The number of hydrogen-bond acceptors (Lipinski definition) is 4. The molecule has 1 aliphatic heterocycles. The van der Waals surface area contributed by atoms with E-state index in [4.69, 9.17) is 4.74 Å². The van der Waals surface area contributed by atoms with E-state index < -0.39 is 0 Å². The van der Waals surface area contributed by atoms with Crippen LogP contribution in [-0.4, -0.2) is 27.3 Å². The first-order chi connectivity index (χ1) is 9.75. The van der Waals surface area contributed by atoms with Gasteiger partial charge in [0.2, 0.25) is 5.88 Å². The first kappa shape index (κ1) is 12.7. The number of ether oxygens (including phenoxy) is 1. The predicted octanol–water partition coefficient (Wildman–Crippen LogP) is 1.30. The van der Waals surface area contributed by atoms with Gasteiger partial charge >= 0.3 is 0 Å². The molecule has 6 heteroatoms. The van der Waals surface area contributed by atoms with Gasteiger partial charge in [-0.1, -0.05) is 0 Å². The third-order valence-electron chi connectivity index (χ3n) is 3.30. The van der Waals surface area contributed by atoms with Crippen molar-refractivity contribution in [1.82, 2.24) is 20.1 Å². The van der Waals surface area contributed by atoms with Gasteiger partial charge < -0.3 is 10.1 Å². The molecule has 0 radical (unpaired) electrons. The number of carbonyl (C=O) groups excluding carboxylic acids is 1. The molecule has 1 N–H and O–H groups in total. The van der Waals surface area contributed by atoms with E-state index in [0.717, 1.165) is 24.1 Å². The molecule has 0 saturated heterocycles. The SMILES string of the molecule is Cc1c(C(=O)NCc2ccncc2)nn2c1OCCC2. The molecule has 20 heavy (non-hydrogen) atoms. The molecule has 0 saturated carbocycles. The van der Waals surface area contributed by atoms with Gasteiger partial charge in [0, 0.05) is 37.5 Å². The van der Waals surface area contributed by atoms with Crippen molar-refractivity contribution < 1.29 is 9.53 Å². The average molecular weight is 272 g/mol. The second kappa shape index (κ2) is 5.32. The topological polar surface area (TPSA) is 69.0 Å². The van der Waals surface area contributed by atoms with Crippen LogP contribution in [0.4, 0.5) is 0 Å². The zero-order valence-corrected chi connectivity index (χ0v) is 11.3. The number of aryl methyl sites for hydroxylation is 1. The lowest BCUT2D eigenvalue weighted by Gasteiger charge is -2.14. The highest BCUT2D eigenvalue weighted by Gasteiger charge is 2.22. The molecule has 6 nitrogen and oxygen atoms in total. The van der Waals surface area contributed by atoms with Gasteiger partial charge in [-0.05, 0) is 24.6 Å². The molecule has 0 atom stereocenters. The molecule has 2 aromatic rings. The number of aromatic nitrogens is 3. The lowest BCUT2D eigenvalue weighted by atomic mass is 10.2. The molecule has 0 spiro atoms. The minimum absolute atomic E-state index is 0.176. The second-order valence-electron chi connectivity index (χ2n) is 4.74. The van der Waals surface area contributed by atoms with Crippen LogP contribution in [0.5, 0.6) is 5.88 Å². The summed E-state index contributed by atoms with van der Waals surface area (Å²) in [6.45, 7) is 3.81. The molecule has 0 aromatic carbocycles. The van der Waals surface area contributed by atoms with E-state index in [1.54, 1.807) is 17.1 Å². The number of rotatable bonds is 3. The molecule has 0 fully saturated rings. The molecule has 2 aromatic heterocycles. The van der Waals surface area contributed by atoms with E-state index in [2.05, 4.69) is 15.4 Å². The van der Waals surface area contributed by atoms with Crippen LogP contribution < -0.4 is 10.1 Å². The van der Waals surface area contributed by atoms with Gasteiger partial charge in [0.05, 0.1) is 6.61 Å². The Hall–Kier alpha value is -2.37. The summed E-state index contributed by atoms with van der Waals surface area (Å²) in [5.41, 5.74) is 2.25. The largest absolute Gasteiger partial charge is 0.478 e. The summed E-state index contributed by atoms with van der Waals surface area (Å²) in [7, 11) is 0. The monoisotopic (exact) mass is 272 g/mol. The number of hydrogen-bond donors (Lipinski definition) is 1. The van der Waals surface area contributed by atoms with Gasteiger partial charge in [-0.15, -0.1) is 0 Å². The van der Waals surface area contributed by atoms with E-state index in [0.29, 0.717) is 24.7 Å². The van der Waals surface area contributed by atoms with Gasteiger partial charge in [-0.2, -0.15) is 5.10 Å². The lowest BCUT2D eigenvalue weighted by Crippen LogP contribution is -2.24. The Balaban J connectivity index is 1.73. The van der Waals surface area contributed by atoms with E-state index in [9.17, 15) is 4.79 Å². The molecule has 0 bridgehead atoms. The second-order valence-corrected chi connectivity index (χ2v) is 4.74. The van der Waals surface area contributed by atoms with Gasteiger partial charge in [-0.3, -0.25) is 9.78 Å². The highest BCUT2D eigenvalue weighted by molar-refractivity contribution is 5.94. The molecular weight excluding hydrogens is 256 g/mol. The Labute approximate surface area is 116 Å². The number of pyridine rings is 1. The molecule has 3 heterocycles. The molecular formula is C14H16N4O2. The fourth-order valence-electron chi connectivity index (χ4n) is 2.24. The minimum Gasteiger partial charge on any atom is -0.478 e. The highest BCUT2D eigenvalue weighted by Crippen LogP contribution is 2.24. The van der Waals surface area contributed by atoms with E-state index in [-0.39, 0.29) is 5.91 Å². The van der Waals surface area contributed by atoms with E-state index in [1.165, 1.54) is 0 Å². The van der Waals surface area contributed by atoms with Crippen molar-refractivity contribution in [3.63, 3.8) is 0 Å². The van der Waals surface area contributed by atoms with Crippen LogP contribution in [0.15, 0.2) is 24.5 Å². The van der Waals surface area contributed by atoms with Gasteiger partial charge in [0.15, 0.2) is 5.69 Å². The number of nitrogens with zero attached hydrogens (tertiary/aromatic N) is 3. The summed E-state index contributed by atoms with van der Waals surface area (Å²) in [5, 5.41) is 7.20. The van der Waals surface area contributed by atoms with Crippen LogP contribution in [0, 0.1) is 6.92 Å². The van der Waals surface area contributed by atoms with Crippen molar-refractivity contribution in [2.45, 2.75) is 26.4 Å². The third-order valence-corrected chi connectivity index (χ3v) is 3.30. The van der Waals surface area contributed by atoms with Crippen LogP contribution in [0.2, 0.25) is 0 Å².